The SMILES string of the molecule is CC.CC.CC.CC1CCC(C2CCCN2C)CC1. The van der Waals surface area contributed by atoms with Crippen LogP contribution < -0.4 is 0 Å². The van der Waals surface area contributed by atoms with Crippen LogP contribution in [0.5, 0.6) is 0 Å². The second-order valence-electron chi connectivity index (χ2n) is 5.21. The minimum absolute atomic E-state index is 0.937. The summed E-state index contributed by atoms with van der Waals surface area (Å²) in [6.45, 7) is 15.8. The molecule has 1 atom stereocenters. The molecule has 1 aliphatic heterocycles. The second kappa shape index (κ2) is 14.4. The van der Waals surface area contributed by atoms with Crippen molar-refractivity contribution >= 4 is 0 Å². The van der Waals surface area contributed by atoms with Crippen molar-refractivity contribution in [2.75, 3.05) is 13.6 Å². The van der Waals surface area contributed by atoms with E-state index in [4.69, 9.17) is 0 Å². The molecule has 0 aromatic heterocycles. The Morgan fingerprint density at radius 2 is 1.21 bits per heavy atom. The molecule has 0 amide bonds. The summed E-state index contributed by atoms with van der Waals surface area (Å²) in [7, 11) is 2.32. The summed E-state index contributed by atoms with van der Waals surface area (Å²) in [6.07, 6.45) is 8.86. The Balaban J connectivity index is 0. The van der Waals surface area contributed by atoms with Gasteiger partial charge in [-0.2, -0.15) is 0 Å². The molecule has 0 bridgehead atoms. The first-order valence-electron chi connectivity index (χ1n) is 8.97. The van der Waals surface area contributed by atoms with E-state index >= 15 is 0 Å². The fraction of sp³-hybridized carbons (Fsp3) is 1.00. The van der Waals surface area contributed by atoms with Gasteiger partial charge < -0.3 is 4.90 Å². The van der Waals surface area contributed by atoms with Crippen LogP contribution in [-0.2, 0) is 0 Å². The van der Waals surface area contributed by atoms with E-state index in [1.54, 1.807) is 0 Å². The number of hydrogen-bond acceptors (Lipinski definition) is 1. The van der Waals surface area contributed by atoms with Crippen molar-refractivity contribution < 1.29 is 0 Å². The Bertz CT molecular complexity index is 159. The van der Waals surface area contributed by atoms with Gasteiger partial charge in [0.05, 0.1) is 0 Å². The molecule has 1 saturated heterocycles. The van der Waals surface area contributed by atoms with Crippen LogP contribution in [0.15, 0.2) is 0 Å². The molecule has 1 nitrogen and oxygen atoms in total. The Hall–Kier alpha value is -0.0400. The zero-order valence-electron chi connectivity index (χ0n) is 15.1. The van der Waals surface area contributed by atoms with Gasteiger partial charge in [-0.3, -0.25) is 0 Å². The van der Waals surface area contributed by atoms with E-state index in [0.29, 0.717) is 0 Å². The van der Waals surface area contributed by atoms with Crippen molar-refractivity contribution in [2.45, 2.75) is 93.0 Å². The first-order chi connectivity index (χ1) is 9.27. The van der Waals surface area contributed by atoms with Gasteiger partial charge >= 0.3 is 0 Å². The standard InChI is InChI=1S/C12H23N.3C2H6/c1-10-5-7-11(8-6-10)12-4-3-9-13(12)2;3*1-2/h10-12H,3-9H2,1-2H3;3*1-2H3. The summed E-state index contributed by atoms with van der Waals surface area (Å²) in [5, 5.41) is 0. The summed E-state index contributed by atoms with van der Waals surface area (Å²) >= 11 is 0. The van der Waals surface area contributed by atoms with Crippen molar-refractivity contribution in [3.63, 3.8) is 0 Å². The number of likely N-dealkylation sites (tertiary alicyclic amines) is 1. The van der Waals surface area contributed by atoms with Crippen LogP contribution in [-0.4, -0.2) is 24.5 Å². The van der Waals surface area contributed by atoms with Crippen LogP contribution in [0.25, 0.3) is 0 Å². The minimum atomic E-state index is 0.937. The van der Waals surface area contributed by atoms with E-state index in [1.807, 2.05) is 41.5 Å². The molecule has 1 saturated carbocycles. The highest BCUT2D eigenvalue weighted by Gasteiger charge is 2.31. The van der Waals surface area contributed by atoms with E-state index in [1.165, 1.54) is 45.1 Å². The van der Waals surface area contributed by atoms with Crippen molar-refractivity contribution in [3.05, 3.63) is 0 Å². The van der Waals surface area contributed by atoms with Crippen molar-refractivity contribution in [3.8, 4) is 0 Å². The first kappa shape index (κ1) is 21.3. The molecule has 1 heterocycles. The van der Waals surface area contributed by atoms with E-state index in [-0.39, 0.29) is 0 Å². The van der Waals surface area contributed by atoms with Gasteiger partial charge in [0.1, 0.15) is 0 Å². The molecule has 1 unspecified atom stereocenters. The first-order valence-corrected chi connectivity index (χ1v) is 8.97. The molecular weight excluding hydrogens is 230 g/mol. The van der Waals surface area contributed by atoms with Crippen molar-refractivity contribution in [1.82, 2.24) is 4.90 Å². The summed E-state index contributed by atoms with van der Waals surface area (Å²) in [5.41, 5.74) is 0. The van der Waals surface area contributed by atoms with E-state index in [9.17, 15) is 0 Å². The topological polar surface area (TPSA) is 3.24 Å². The summed E-state index contributed by atoms with van der Waals surface area (Å²) in [4.78, 5) is 2.60. The van der Waals surface area contributed by atoms with Gasteiger partial charge in [0.15, 0.2) is 0 Å². The monoisotopic (exact) mass is 271 g/mol. The normalized spacial score (nSPS) is 30.0. The average molecular weight is 272 g/mol. The zero-order valence-corrected chi connectivity index (χ0v) is 15.1. The highest BCUT2D eigenvalue weighted by atomic mass is 15.1. The van der Waals surface area contributed by atoms with Crippen LogP contribution in [0.1, 0.15) is 87.0 Å². The van der Waals surface area contributed by atoms with Gasteiger partial charge in [0, 0.05) is 6.04 Å². The molecule has 19 heavy (non-hydrogen) atoms. The lowest BCUT2D eigenvalue weighted by atomic mass is 9.78. The van der Waals surface area contributed by atoms with Gasteiger partial charge in [-0.05, 0) is 51.1 Å². The third kappa shape index (κ3) is 7.97. The Morgan fingerprint density at radius 1 is 0.737 bits per heavy atom. The number of nitrogens with zero attached hydrogens (tertiary/aromatic N) is 1. The van der Waals surface area contributed by atoms with Crippen LogP contribution >= 0.6 is 0 Å². The molecule has 2 fully saturated rings. The number of rotatable bonds is 1. The third-order valence-corrected chi connectivity index (χ3v) is 4.18. The van der Waals surface area contributed by atoms with Crippen molar-refractivity contribution in [1.29, 1.82) is 0 Å². The predicted octanol–water partition coefficient (Wildman–Crippen LogP) is 5.99. The predicted molar refractivity (Wildman–Crippen MR) is 90.8 cm³/mol. The van der Waals surface area contributed by atoms with Gasteiger partial charge in [0.25, 0.3) is 0 Å². The van der Waals surface area contributed by atoms with Gasteiger partial charge in [-0.25, -0.2) is 0 Å². The second-order valence-corrected chi connectivity index (χ2v) is 5.21. The largest absolute Gasteiger partial charge is 0.303 e. The quantitative estimate of drug-likeness (QED) is 0.566. The van der Waals surface area contributed by atoms with E-state index < -0.39 is 0 Å². The fourth-order valence-electron chi connectivity index (χ4n) is 3.20. The smallest absolute Gasteiger partial charge is 0.0121 e. The molecule has 0 aromatic carbocycles. The molecule has 0 N–H and O–H groups in total. The molecule has 1 heteroatoms. The highest BCUT2D eigenvalue weighted by molar-refractivity contribution is 4.85. The zero-order chi connectivity index (χ0) is 15.3. The summed E-state index contributed by atoms with van der Waals surface area (Å²) < 4.78 is 0. The lowest BCUT2D eigenvalue weighted by Gasteiger charge is -2.34. The van der Waals surface area contributed by atoms with E-state index in [2.05, 4.69) is 18.9 Å². The Kier molecular flexibility index (Phi) is 16.1. The van der Waals surface area contributed by atoms with Gasteiger partial charge in [-0.1, -0.05) is 61.3 Å². The van der Waals surface area contributed by atoms with E-state index in [0.717, 1.165) is 17.9 Å². The summed E-state index contributed by atoms with van der Waals surface area (Å²) in [5.74, 6) is 2.03. The number of hydrogen-bond donors (Lipinski definition) is 0. The van der Waals surface area contributed by atoms with Crippen molar-refractivity contribution in [2.24, 2.45) is 11.8 Å². The lowest BCUT2D eigenvalue weighted by Crippen LogP contribution is -2.34. The maximum Gasteiger partial charge on any atom is 0.0121 e. The molecule has 2 aliphatic rings. The van der Waals surface area contributed by atoms with Crippen LogP contribution in [0, 0.1) is 11.8 Å². The third-order valence-electron chi connectivity index (χ3n) is 4.18. The molecule has 0 radical (unpaired) electrons. The van der Waals surface area contributed by atoms with Crippen LogP contribution in [0.3, 0.4) is 0 Å². The molecule has 1 aliphatic carbocycles. The van der Waals surface area contributed by atoms with Gasteiger partial charge in [-0.15, -0.1) is 0 Å². The fourth-order valence-corrected chi connectivity index (χ4v) is 3.20. The Morgan fingerprint density at radius 3 is 1.58 bits per heavy atom. The maximum absolute atomic E-state index is 2.60. The highest BCUT2D eigenvalue weighted by Crippen LogP contribution is 2.35. The molecule has 0 aromatic rings. The molecule has 2 rings (SSSR count). The molecule has 0 spiro atoms. The molecular formula is C18H41N. The Labute approximate surface area is 124 Å². The minimum Gasteiger partial charge on any atom is -0.303 e. The van der Waals surface area contributed by atoms with Crippen LogP contribution in [0.2, 0.25) is 0 Å². The van der Waals surface area contributed by atoms with Crippen LogP contribution in [0.4, 0.5) is 0 Å². The maximum atomic E-state index is 2.60. The average Bonchev–Trinajstić information content (AvgIpc) is 2.92. The van der Waals surface area contributed by atoms with Gasteiger partial charge in [0.2, 0.25) is 0 Å². The molecule has 118 valence electrons. The summed E-state index contributed by atoms with van der Waals surface area (Å²) in [6, 6.07) is 0.937. The lowest BCUT2D eigenvalue weighted by molar-refractivity contribution is 0.166.